The van der Waals surface area contributed by atoms with Crippen LogP contribution in [0.1, 0.15) is 18.4 Å². The highest BCUT2D eigenvalue weighted by Crippen LogP contribution is 2.10. The van der Waals surface area contributed by atoms with Gasteiger partial charge in [0.1, 0.15) is 18.4 Å². The van der Waals surface area contributed by atoms with Crippen LogP contribution >= 0.6 is 11.6 Å². The summed E-state index contributed by atoms with van der Waals surface area (Å²) in [7, 11) is 0. The van der Waals surface area contributed by atoms with Crippen molar-refractivity contribution in [3.05, 3.63) is 34.9 Å². The fourth-order valence-corrected chi connectivity index (χ4v) is 3.54. The highest BCUT2D eigenvalue weighted by Gasteiger charge is 2.32. The summed E-state index contributed by atoms with van der Waals surface area (Å²) in [5.74, 6) is 0.415. The zero-order chi connectivity index (χ0) is 15.4. The number of halogens is 1. The third-order valence-electron chi connectivity index (χ3n) is 4.70. The van der Waals surface area contributed by atoms with E-state index in [0.29, 0.717) is 24.7 Å². The summed E-state index contributed by atoms with van der Waals surface area (Å²) in [6.07, 6.45) is 1.42. The van der Waals surface area contributed by atoms with Crippen molar-refractivity contribution in [1.82, 2.24) is 4.90 Å². The average Bonchev–Trinajstić information content (AvgIpc) is 2.53. The highest BCUT2D eigenvalue weighted by molar-refractivity contribution is 6.30. The van der Waals surface area contributed by atoms with Crippen LogP contribution in [0, 0.1) is 0 Å². The molecule has 1 aromatic carbocycles. The van der Waals surface area contributed by atoms with Crippen LogP contribution in [-0.2, 0) is 16.1 Å². The Hall–Kier alpha value is -0.940. The van der Waals surface area contributed by atoms with Crippen molar-refractivity contribution in [2.24, 2.45) is 0 Å². The van der Waals surface area contributed by atoms with Crippen LogP contribution in [0.3, 0.4) is 0 Å². The molecule has 2 atom stereocenters. The second-order valence-electron chi connectivity index (χ2n) is 6.31. The third kappa shape index (κ3) is 4.29. The molecule has 1 aromatic rings. The van der Waals surface area contributed by atoms with Gasteiger partial charge in [-0.1, -0.05) is 23.7 Å². The van der Waals surface area contributed by atoms with E-state index in [1.54, 1.807) is 0 Å². The SMILES string of the molecule is O=C1CC[NH+](Cc2ccc(Cl)cc2)C(CN2CCOCC2)C1. The van der Waals surface area contributed by atoms with Gasteiger partial charge in [0.2, 0.25) is 0 Å². The van der Waals surface area contributed by atoms with E-state index in [1.807, 2.05) is 12.1 Å². The number of hydrogen-bond acceptors (Lipinski definition) is 3. The highest BCUT2D eigenvalue weighted by atomic mass is 35.5. The number of nitrogens with one attached hydrogen (secondary N) is 1. The molecule has 2 saturated heterocycles. The van der Waals surface area contributed by atoms with Crippen molar-refractivity contribution in [2.45, 2.75) is 25.4 Å². The summed E-state index contributed by atoms with van der Waals surface area (Å²) in [5.41, 5.74) is 1.29. The Kier molecular flexibility index (Phi) is 5.47. The monoisotopic (exact) mass is 323 g/mol. The maximum Gasteiger partial charge on any atom is 0.144 e. The number of quaternary nitrogens is 1. The quantitative estimate of drug-likeness (QED) is 0.889. The zero-order valence-corrected chi connectivity index (χ0v) is 13.6. The van der Waals surface area contributed by atoms with E-state index < -0.39 is 0 Å². The molecule has 0 aliphatic carbocycles. The van der Waals surface area contributed by atoms with Crippen molar-refractivity contribution in [1.29, 1.82) is 0 Å². The predicted octanol–water partition coefficient (Wildman–Crippen LogP) is 0.789. The van der Waals surface area contributed by atoms with Crippen LogP contribution in [0.5, 0.6) is 0 Å². The number of carbonyl (C=O) groups excluding carboxylic acids is 1. The summed E-state index contributed by atoms with van der Waals surface area (Å²) in [5, 5.41) is 0.775. The van der Waals surface area contributed by atoms with Gasteiger partial charge in [0.25, 0.3) is 0 Å². The number of likely N-dealkylation sites (tertiary alicyclic amines) is 1. The molecule has 2 fully saturated rings. The summed E-state index contributed by atoms with van der Waals surface area (Å²) >= 11 is 5.96. The van der Waals surface area contributed by atoms with Gasteiger partial charge in [-0.15, -0.1) is 0 Å². The first-order chi connectivity index (χ1) is 10.7. The number of ether oxygens (including phenoxy) is 1. The number of piperidine rings is 1. The molecule has 4 nitrogen and oxygen atoms in total. The number of rotatable bonds is 4. The molecule has 22 heavy (non-hydrogen) atoms. The Balaban J connectivity index is 1.63. The minimum Gasteiger partial charge on any atom is -0.379 e. The minimum absolute atomic E-state index is 0.398. The first kappa shape index (κ1) is 15.9. The molecule has 3 rings (SSSR count). The molecule has 0 amide bonds. The van der Waals surface area contributed by atoms with Gasteiger partial charge < -0.3 is 9.64 Å². The van der Waals surface area contributed by atoms with Gasteiger partial charge in [-0.05, 0) is 12.1 Å². The van der Waals surface area contributed by atoms with Crippen LogP contribution in [-0.4, -0.2) is 56.1 Å². The Morgan fingerprint density at radius 2 is 1.95 bits per heavy atom. The summed E-state index contributed by atoms with van der Waals surface area (Å²) < 4.78 is 5.42. The summed E-state index contributed by atoms with van der Waals surface area (Å²) in [6.45, 7) is 6.51. The van der Waals surface area contributed by atoms with Gasteiger partial charge >= 0.3 is 0 Å². The smallest absolute Gasteiger partial charge is 0.144 e. The number of benzene rings is 1. The van der Waals surface area contributed by atoms with Crippen LogP contribution in [0.4, 0.5) is 0 Å². The predicted molar refractivity (Wildman–Crippen MR) is 86.3 cm³/mol. The molecule has 0 spiro atoms. The van der Waals surface area contributed by atoms with E-state index in [9.17, 15) is 4.79 Å². The molecule has 1 N–H and O–H groups in total. The molecule has 2 unspecified atom stereocenters. The molecular weight excluding hydrogens is 300 g/mol. The topological polar surface area (TPSA) is 34.0 Å². The molecule has 2 aliphatic rings. The van der Waals surface area contributed by atoms with Gasteiger partial charge in [0.15, 0.2) is 0 Å². The number of morpholine rings is 1. The van der Waals surface area contributed by atoms with Crippen LogP contribution in [0.25, 0.3) is 0 Å². The number of Topliss-reactive ketones (excluding diaryl/α,β-unsaturated/α-hetero) is 1. The van der Waals surface area contributed by atoms with Gasteiger partial charge in [-0.3, -0.25) is 9.69 Å². The molecule has 0 aromatic heterocycles. The van der Waals surface area contributed by atoms with E-state index in [-0.39, 0.29) is 0 Å². The lowest BCUT2D eigenvalue weighted by atomic mass is 9.99. The molecule has 0 bridgehead atoms. The van der Waals surface area contributed by atoms with Crippen LogP contribution < -0.4 is 4.90 Å². The lowest BCUT2D eigenvalue weighted by Gasteiger charge is -2.36. The lowest BCUT2D eigenvalue weighted by molar-refractivity contribution is -0.939. The second kappa shape index (κ2) is 7.55. The number of carbonyl (C=O) groups is 1. The Labute approximate surface area is 137 Å². The Bertz CT molecular complexity index is 500. The van der Waals surface area contributed by atoms with Gasteiger partial charge in [0.05, 0.1) is 39.1 Å². The molecular formula is C17H24ClN2O2+. The zero-order valence-electron chi connectivity index (χ0n) is 12.9. The van der Waals surface area contributed by atoms with E-state index >= 15 is 0 Å². The summed E-state index contributed by atoms with van der Waals surface area (Å²) in [4.78, 5) is 15.8. The fourth-order valence-electron chi connectivity index (χ4n) is 3.41. The number of hydrogen-bond donors (Lipinski definition) is 1. The number of ketones is 1. The first-order valence-electron chi connectivity index (χ1n) is 8.11. The van der Waals surface area contributed by atoms with Crippen molar-refractivity contribution in [3.63, 3.8) is 0 Å². The maximum atomic E-state index is 11.9. The van der Waals surface area contributed by atoms with Crippen LogP contribution in [0.15, 0.2) is 24.3 Å². The fraction of sp³-hybridized carbons (Fsp3) is 0.588. The number of nitrogens with zero attached hydrogens (tertiary/aromatic N) is 1. The second-order valence-corrected chi connectivity index (χ2v) is 6.75. The van der Waals surface area contributed by atoms with Gasteiger partial charge in [-0.2, -0.15) is 0 Å². The maximum absolute atomic E-state index is 11.9. The van der Waals surface area contributed by atoms with E-state index in [4.69, 9.17) is 16.3 Å². The van der Waals surface area contributed by atoms with E-state index in [0.717, 1.165) is 51.0 Å². The minimum atomic E-state index is 0.398. The lowest BCUT2D eigenvalue weighted by Crippen LogP contribution is -3.16. The van der Waals surface area contributed by atoms with Crippen molar-refractivity contribution in [2.75, 3.05) is 39.4 Å². The summed E-state index contributed by atoms with van der Waals surface area (Å²) in [6, 6.07) is 8.48. The van der Waals surface area contributed by atoms with Crippen molar-refractivity contribution in [3.8, 4) is 0 Å². The first-order valence-corrected chi connectivity index (χ1v) is 8.49. The molecule has 120 valence electrons. The molecule has 2 aliphatic heterocycles. The molecule has 0 saturated carbocycles. The van der Waals surface area contributed by atoms with Gasteiger partial charge in [-0.25, -0.2) is 0 Å². The normalized spacial score (nSPS) is 27.0. The van der Waals surface area contributed by atoms with Gasteiger partial charge in [0, 0.05) is 23.7 Å². The Morgan fingerprint density at radius 1 is 1.23 bits per heavy atom. The van der Waals surface area contributed by atoms with E-state index in [2.05, 4.69) is 17.0 Å². The van der Waals surface area contributed by atoms with Crippen LogP contribution in [0.2, 0.25) is 5.02 Å². The van der Waals surface area contributed by atoms with Crippen molar-refractivity contribution >= 4 is 17.4 Å². The largest absolute Gasteiger partial charge is 0.379 e. The standard InChI is InChI=1S/C17H23ClN2O2/c18-15-3-1-14(2-4-15)12-20-6-5-17(21)11-16(20)13-19-7-9-22-10-8-19/h1-4,16H,5-13H2/p+1. The van der Waals surface area contributed by atoms with E-state index in [1.165, 1.54) is 10.5 Å². The molecule has 5 heteroatoms. The third-order valence-corrected chi connectivity index (χ3v) is 4.96. The molecule has 2 heterocycles. The Morgan fingerprint density at radius 3 is 2.68 bits per heavy atom. The average molecular weight is 324 g/mol. The van der Waals surface area contributed by atoms with Crippen molar-refractivity contribution < 1.29 is 14.4 Å². The molecule has 0 radical (unpaired) electrons.